The molecule has 1 aromatic heterocycles. The van der Waals surface area contributed by atoms with Crippen LogP contribution in [0.4, 0.5) is 0 Å². The minimum Gasteiger partial charge on any atom is -0.246 e. The molecule has 0 saturated carbocycles. The highest BCUT2D eigenvalue weighted by Gasteiger charge is 1.99. The molecule has 1 aromatic carbocycles. The summed E-state index contributed by atoms with van der Waals surface area (Å²) < 4.78 is 1.12. The van der Waals surface area contributed by atoms with Gasteiger partial charge in [-0.2, -0.15) is 0 Å². The zero-order chi connectivity index (χ0) is 9.97. The van der Waals surface area contributed by atoms with Crippen LogP contribution in [0.3, 0.4) is 0 Å². The van der Waals surface area contributed by atoms with E-state index in [2.05, 4.69) is 50.6 Å². The molecule has 1 nitrogen and oxygen atoms in total. The standard InChI is InChI=1S/C11H10BrNS/c1-8-13-11(7-14-8)6-9-2-4-10(12)5-3-9/h2-5,7H,6H2,1H3. The summed E-state index contributed by atoms with van der Waals surface area (Å²) in [6.07, 6.45) is 0.928. The van der Waals surface area contributed by atoms with Crippen LogP contribution in [0.1, 0.15) is 16.3 Å². The molecule has 2 rings (SSSR count). The lowest BCUT2D eigenvalue weighted by Crippen LogP contribution is -1.87. The van der Waals surface area contributed by atoms with Crippen LogP contribution < -0.4 is 0 Å². The second-order valence-electron chi connectivity index (χ2n) is 3.16. The summed E-state index contributed by atoms with van der Waals surface area (Å²) in [6.45, 7) is 2.04. The fourth-order valence-electron chi connectivity index (χ4n) is 1.30. The summed E-state index contributed by atoms with van der Waals surface area (Å²) in [5.74, 6) is 0. The summed E-state index contributed by atoms with van der Waals surface area (Å²) in [7, 11) is 0. The Labute approximate surface area is 95.9 Å². The van der Waals surface area contributed by atoms with Gasteiger partial charge in [0.05, 0.1) is 10.7 Å². The van der Waals surface area contributed by atoms with E-state index >= 15 is 0 Å². The maximum Gasteiger partial charge on any atom is 0.0897 e. The highest BCUT2D eigenvalue weighted by molar-refractivity contribution is 9.10. The molecular weight excluding hydrogens is 258 g/mol. The fraction of sp³-hybridized carbons (Fsp3) is 0.182. The van der Waals surface area contributed by atoms with Crippen molar-refractivity contribution in [3.63, 3.8) is 0 Å². The Morgan fingerprint density at radius 2 is 2.00 bits per heavy atom. The normalized spacial score (nSPS) is 10.4. The Morgan fingerprint density at radius 1 is 1.29 bits per heavy atom. The largest absolute Gasteiger partial charge is 0.246 e. The summed E-state index contributed by atoms with van der Waals surface area (Å²) in [6, 6.07) is 8.38. The molecule has 0 bridgehead atoms. The Bertz CT molecular complexity index is 419. The first-order valence-corrected chi connectivity index (χ1v) is 6.07. The van der Waals surface area contributed by atoms with E-state index in [1.54, 1.807) is 11.3 Å². The fourth-order valence-corrected chi connectivity index (χ4v) is 2.18. The molecule has 2 aromatic rings. The monoisotopic (exact) mass is 267 g/mol. The van der Waals surface area contributed by atoms with Crippen LogP contribution >= 0.6 is 27.3 Å². The first kappa shape index (κ1) is 9.87. The molecule has 0 aliphatic carbocycles. The molecule has 0 amide bonds. The van der Waals surface area contributed by atoms with Crippen molar-refractivity contribution in [1.82, 2.24) is 4.98 Å². The third-order valence-electron chi connectivity index (χ3n) is 1.97. The Balaban J connectivity index is 2.15. The Hall–Kier alpha value is -0.670. The minimum atomic E-state index is 0.928. The zero-order valence-electron chi connectivity index (χ0n) is 7.83. The summed E-state index contributed by atoms with van der Waals surface area (Å²) in [5.41, 5.74) is 2.47. The van der Waals surface area contributed by atoms with E-state index in [1.807, 2.05) is 6.92 Å². The molecule has 0 spiro atoms. The molecule has 0 saturated heterocycles. The van der Waals surface area contributed by atoms with E-state index in [1.165, 1.54) is 5.56 Å². The van der Waals surface area contributed by atoms with Crippen molar-refractivity contribution >= 4 is 27.3 Å². The summed E-state index contributed by atoms with van der Waals surface area (Å²) >= 11 is 5.13. The van der Waals surface area contributed by atoms with Crippen molar-refractivity contribution in [2.75, 3.05) is 0 Å². The van der Waals surface area contributed by atoms with E-state index in [-0.39, 0.29) is 0 Å². The predicted molar refractivity (Wildman–Crippen MR) is 63.8 cm³/mol. The van der Waals surface area contributed by atoms with E-state index in [9.17, 15) is 0 Å². The molecular formula is C11H10BrNS. The summed E-state index contributed by atoms with van der Waals surface area (Å²) in [5, 5.41) is 3.26. The summed E-state index contributed by atoms with van der Waals surface area (Å²) in [4.78, 5) is 4.44. The number of aromatic nitrogens is 1. The van der Waals surface area contributed by atoms with Gasteiger partial charge in [-0.15, -0.1) is 11.3 Å². The van der Waals surface area contributed by atoms with Gasteiger partial charge in [0.15, 0.2) is 0 Å². The van der Waals surface area contributed by atoms with Gasteiger partial charge in [0, 0.05) is 16.3 Å². The molecule has 72 valence electrons. The molecule has 0 fully saturated rings. The first-order valence-electron chi connectivity index (χ1n) is 4.39. The smallest absolute Gasteiger partial charge is 0.0897 e. The van der Waals surface area contributed by atoms with Crippen molar-refractivity contribution < 1.29 is 0 Å². The number of rotatable bonds is 2. The van der Waals surface area contributed by atoms with Crippen LogP contribution in [0.15, 0.2) is 34.1 Å². The van der Waals surface area contributed by atoms with Crippen molar-refractivity contribution in [3.8, 4) is 0 Å². The lowest BCUT2D eigenvalue weighted by atomic mass is 10.1. The topological polar surface area (TPSA) is 12.9 Å². The molecule has 1 heterocycles. The molecule has 0 unspecified atom stereocenters. The lowest BCUT2D eigenvalue weighted by molar-refractivity contribution is 1.08. The maximum atomic E-state index is 4.44. The van der Waals surface area contributed by atoms with Crippen LogP contribution in [-0.2, 0) is 6.42 Å². The van der Waals surface area contributed by atoms with E-state index < -0.39 is 0 Å². The van der Waals surface area contributed by atoms with Crippen molar-refractivity contribution in [2.24, 2.45) is 0 Å². The van der Waals surface area contributed by atoms with Crippen LogP contribution in [0.2, 0.25) is 0 Å². The van der Waals surface area contributed by atoms with Crippen molar-refractivity contribution in [1.29, 1.82) is 0 Å². The molecule has 0 N–H and O–H groups in total. The van der Waals surface area contributed by atoms with Crippen LogP contribution in [0, 0.1) is 6.92 Å². The third kappa shape index (κ3) is 2.42. The van der Waals surface area contributed by atoms with Gasteiger partial charge in [-0.1, -0.05) is 28.1 Å². The SMILES string of the molecule is Cc1nc(Cc2ccc(Br)cc2)cs1. The quantitative estimate of drug-likeness (QED) is 0.807. The molecule has 0 radical (unpaired) electrons. The Morgan fingerprint density at radius 3 is 2.57 bits per heavy atom. The van der Waals surface area contributed by atoms with Crippen LogP contribution in [0.5, 0.6) is 0 Å². The van der Waals surface area contributed by atoms with E-state index in [0.29, 0.717) is 0 Å². The van der Waals surface area contributed by atoms with Crippen molar-refractivity contribution in [2.45, 2.75) is 13.3 Å². The average Bonchev–Trinajstić information content (AvgIpc) is 2.56. The number of aryl methyl sites for hydroxylation is 1. The van der Waals surface area contributed by atoms with Gasteiger partial charge in [0.25, 0.3) is 0 Å². The predicted octanol–water partition coefficient (Wildman–Crippen LogP) is 3.80. The van der Waals surface area contributed by atoms with E-state index in [0.717, 1.165) is 21.6 Å². The lowest BCUT2D eigenvalue weighted by Gasteiger charge is -1.97. The van der Waals surface area contributed by atoms with Gasteiger partial charge in [-0.3, -0.25) is 0 Å². The van der Waals surface area contributed by atoms with Gasteiger partial charge in [-0.25, -0.2) is 4.98 Å². The number of benzene rings is 1. The molecule has 0 aliphatic heterocycles. The van der Waals surface area contributed by atoms with Gasteiger partial charge in [0.2, 0.25) is 0 Å². The molecule has 0 atom stereocenters. The second kappa shape index (κ2) is 4.24. The van der Waals surface area contributed by atoms with Crippen molar-refractivity contribution in [3.05, 3.63) is 50.4 Å². The number of thiazole rings is 1. The van der Waals surface area contributed by atoms with Gasteiger partial charge in [0.1, 0.15) is 0 Å². The average molecular weight is 268 g/mol. The molecule has 14 heavy (non-hydrogen) atoms. The highest BCUT2D eigenvalue weighted by atomic mass is 79.9. The van der Waals surface area contributed by atoms with E-state index in [4.69, 9.17) is 0 Å². The molecule has 3 heteroatoms. The zero-order valence-corrected chi connectivity index (χ0v) is 10.2. The maximum absolute atomic E-state index is 4.44. The minimum absolute atomic E-state index is 0.928. The highest BCUT2D eigenvalue weighted by Crippen LogP contribution is 2.15. The number of nitrogens with zero attached hydrogens (tertiary/aromatic N) is 1. The first-order chi connectivity index (χ1) is 6.74. The number of hydrogen-bond donors (Lipinski definition) is 0. The number of hydrogen-bond acceptors (Lipinski definition) is 2. The third-order valence-corrected chi connectivity index (χ3v) is 3.32. The van der Waals surface area contributed by atoms with Gasteiger partial charge >= 0.3 is 0 Å². The van der Waals surface area contributed by atoms with Gasteiger partial charge in [-0.05, 0) is 24.6 Å². The molecule has 0 aliphatic rings. The van der Waals surface area contributed by atoms with Crippen LogP contribution in [0.25, 0.3) is 0 Å². The number of halogens is 1. The second-order valence-corrected chi connectivity index (χ2v) is 5.14. The van der Waals surface area contributed by atoms with Gasteiger partial charge < -0.3 is 0 Å². The van der Waals surface area contributed by atoms with Crippen LogP contribution in [-0.4, -0.2) is 4.98 Å². The Kier molecular flexibility index (Phi) is 2.99.